The molecule has 1 aliphatic rings. The SMILES string of the molecule is C=CC1C(C(=O)NCCCCOP(=O)(OCC)OCC)C(C(=O)O)C(C)N1Cc1ccccc1.C=O. The number of phosphoric acid groups is 1. The first-order valence-corrected chi connectivity index (χ1v) is 13.5. The van der Waals surface area contributed by atoms with Crippen molar-refractivity contribution in [3.8, 4) is 0 Å². The van der Waals surface area contributed by atoms with Crippen LogP contribution in [0, 0.1) is 11.8 Å². The number of carbonyl (C=O) groups is 3. The Kier molecular flexibility index (Phi) is 14.4. The minimum Gasteiger partial charge on any atom is -0.481 e. The molecule has 10 nitrogen and oxygen atoms in total. The van der Waals surface area contributed by atoms with Gasteiger partial charge in [-0.3, -0.25) is 28.1 Å². The first kappa shape index (κ1) is 31.7. The van der Waals surface area contributed by atoms with Crippen LogP contribution in [0.15, 0.2) is 43.0 Å². The summed E-state index contributed by atoms with van der Waals surface area (Å²) in [5.41, 5.74) is 1.04. The summed E-state index contributed by atoms with van der Waals surface area (Å²) in [5, 5.41) is 12.8. The Balaban J connectivity index is 0.00000316. The molecule has 1 aromatic rings. The third-order valence-electron chi connectivity index (χ3n) is 5.91. The van der Waals surface area contributed by atoms with Gasteiger partial charge in [0.05, 0.1) is 31.7 Å². The monoisotopic (exact) mass is 526 g/mol. The molecule has 0 bridgehead atoms. The summed E-state index contributed by atoms with van der Waals surface area (Å²) in [5.74, 6) is -2.90. The molecule has 1 saturated heterocycles. The van der Waals surface area contributed by atoms with E-state index in [1.54, 1.807) is 19.9 Å². The maximum absolute atomic E-state index is 13.1. The van der Waals surface area contributed by atoms with Gasteiger partial charge in [0.15, 0.2) is 0 Å². The summed E-state index contributed by atoms with van der Waals surface area (Å²) in [6.07, 6.45) is 2.76. The molecule has 0 saturated carbocycles. The third kappa shape index (κ3) is 8.94. The maximum Gasteiger partial charge on any atom is 0.474 e. The normalized spacial score (nSPS) is 21.9. The lowest BCUT2D eigenvalue weighted by atomic mass is 9.86. The van der Waals surface area contributed by atoms with Crippen molar-refractivity contribution in [3.63, 3.8) is 0 Å². The van der Waals surface area contributed by atoms with E-state index in [-0.39, 0.29) is 31.8 Å². The van der Waals surface area contributed by atoms with E-state index < -0.39 is 31.7 Å². The number of carbonyl (C=O) groups excluding carboxylic acids is 2. The minimum absolute atomic E-state index is 0.158. The Hall–Kier alpha value is -2.36. The number of nitrogens with zero attached hydrogens (tertiary/aromatic N) is 1. The molecule has 36 heavy (non-hydrogen) atoms. The van der Waals surface area contributed by atoms with Gasteiger partial charge in [-0.25, -0.2) is 4.57 Å². The number of carboxylic acids is 1. The van der Waals surface area contributed by atoms with E-state index in [1.165, 1.54) is 0 Å². The van der Waals surface area contributed by atoms with Crippen molar-refractivity contribution in [2.24, 2.45) is 11.8 Å². The predicted octanol–water partition coefficient (Wildman–Crippen LogP) is 3.67. The van der Waals surface area contributed by atoms with Crippen LogP contribution in [0.1, 0.15) is 39.2 Å². The molecule has 0 radical (unpaired) electrons. The van der Waals surface area contributed by atoms with Gasteiger partial charge in [0, 0.05) is 25.2 Å². The van der Waals surface area contributed by atoms with Crippen molar-refractivity contribution in [2.75, 3.05) is 26.4 Å². The number of unbranched alkanes of at least 4 members (excludes halogenated alkanes) is 1. The average Bonchev–Trinajstić information content (AvgIpc) is 3.14. The van der Waals surface area contributed by atoms with Crippen LogP contribution in [-0.4, -0.2) is 67.1 Å². The highest BCUT2D eigenvalue weighted by molar-refractivity contribution is 7.48. The van der Waals surface area contributed by atoms with Crippen LogP contribution in [0.4, 0.5) is 0 Å². The molecule has 1 fully saturated rings. The molecule has 4 unspecified atom stereocenters. The van der Waals surface area contributed by atoms with Gasteiger partial charge in [0.2, 0.25) is 5.91 Å². The molecule has 1 aromatic carbocycles. The fraction of sp³-hybridized carbons (Fsp3) is 0.560. The second-order valence-electron chi connectivity index (χ2n) is 8.13. The largest absolute Gasteiger partial charge is 0.481 e. The highest BCUT2D eigenvalue weighted by Crippen LogP contribution is 2.49. The summed E-state index contributed by atoms with van der Waals surface area (Å²) in [6.45, 7) is 12.6. The number of benzene rings is 1. The third-order valence-corrected chi connectivity index (χ3v) is 7.56. The van der Waals surface area contributed by atoms with Crippen molar-refractivity contribution >= 4 is 26.5 Å². The molecule has 4 atom stereocenters. The molecule has 0 aliphatic carbocycles. The van der Waals surface area contributed by atoms with Gasteiger partial charge in [0.25, 0.3) is 0 Å². The Labute approximate surface area is 213 Å². The van der Waals surface area contributed by atoms with Crippen LogP contribution in [-0.2, 0) is 39.1 Å². The Morgan fingerprint density at radius 1 is 1.08 bits per heavy atom. The highest BCUT2D eigenvalue weighted by Gasteiger charge is 2.52. The number of phosphoric ester groups is 1. The summed E-state index contributed by atoms with van der Waals surface area (Å²) in [7, 11) is -3.55. The fourth-order valence-corrected chi connectivity index (χ4v) is 5.57. The van der Waals surface area contributed by atoms with E-state index in [0.717, 1.165) is 5.56 Å². The van der Waals surface area contributed by atoms with Crippen molar-refractivity contribution in [3.05, 3.63) is 48.6 Å². The maximum atomic E-state index is 13.1. The summed E-state index contributed by atoms with van der Waals surface area (Å²) >= 11 is 0. The first-order chi connectivity index (χ1) is 17.3. The van der Waals surface area contributed by atoms with Crippen LogP contribution < -0.4 is 5.32 Å². The Morgan fingerprint density at radius 3 is 2.22 bits per heavy atom. The number of hydrogen-bond donors (Lipinski definition) is 2. The molecule has 2 N–H and O–H groups in total. The summed E-state index contributed by atoms with van der Waals surface area (Å²) < 4.78 is 27.7. The van der Waals surface area contributed by atoms with Gasteiger partial charge in [0.1, 0.15) is 6.79 Å². The van der Waals surface area contributed by atoms with Crippen LogP contribution >= 0.6 is 7.82 Å². The van der Waals surface area contributed by atoms with Crippen molar-refractivity contribution in [1.29, 1.82) is 0 Å². The van der Waals surface area contributed by atoms with E-state index in [4.69, 9.17) is 18.4 Å². The molecule has 1 amide bonds. The summed E-state index contributed by atoms with van der Waals surface area (Å²) in [4.78, 5) is 35.2. The topological polar surface area (TPSA) is 131 Å². The van der Waals surface area contributed by atoms with Crippen LogP contribution in [0.2, 0.25) is 0 Å². The zero-order valence-electron chi connectivity index (χ0n) is 21.3. The zero-order valence-corrected chi connectivity index (χ0v) is 22.2. The fourth-order valence-electron chi connectivity index (χ4n) is 4.36. The lowest BCUT2D eigenvalue weighted by molar-refractivity contribution is -0.146. The number of aliphatic carboxylic acids is 1. The number of hydrogen-bond acceptors (Lipinski definition) is 8. The molecular formula is C25H39N2O8P. The number of carboxylic acid groups (broad SMARTS) is 1. The number of likely N-dealkylation sites (tertiary alicyclic amines) is 1. The van der Waals surface area contributed by atoms with E-state index in [9.17, 15) is 19.3 Å². The number of rotatable bonds is 15. The molecule has 1 heterocycles. The molecule has 0 aromatic heterocycles. The Bertz CT molecular complexity index is 859. The summed E-state index contributed by atoms with van der Waals surface area (Å²) in [6, 6.07) is 9.02. The zero-order chi connectivity index (χ0) is 27.1. The van der Waals surface area contributed by atoms with E-state index in [1.807, 2.05) is 48.9 Å². The molecule has 0 spiro atoms. The smallest absolute Gasteiger partial charge is 0.474 e. The van der Waals surface area contributed by atoms with Crippen molar-refractivity contribution < 1.29 is 37.6 Å². The van der Waals surface area contributed by atoms with Gasteiger partial charge < -0.3 is 15.2 Å². The molecule has 202 valence electrons. The van der Waals surface area contributed by atoms with Crippen LogP contribution in [0.25, 0.3) is 0 Å². The van der Waals surface area contributed by atoms with Crippen molar-refractivity contribution in [1.82, 2.24) is 10.2 Å². The van der Waals surface area contributed by atoms with Gasteiger partial charge in [-0.2, -0.15) is 0 Å². The molecule has 1 aliphatic heterocycles. The standard InChI is InChI=1S/C24H37N2O7P.CH2O/c1-5-20-22(21(24(28)29)18(4)26(20)17-19-13-9-8-10-14-19)23(27)25-15-11-12-16-33-34(30,31-6-2)32-7-3;1-2/h5,8-10,13-14,18,20-22H,1,6-7,11-12,15-17H2,2-4H3,(H,25,27)(H,28,29);1H2. The van der Waals surface area contributed by atoms with Gasteiger partial charge in [-0.15, -0.1) is 6.58 Å². The lowest BCUT2D eigenvalue weighted by Gasteiger charge is -2.27. The Morgan fingerprint density at radius 2 is 1.69 bits per heavy atom. The molecule has 2 rings (SSSR count). The quantitative estimate of drug-likeness (QED) is 0.200. The van der Waals surface area contributed by atoms with Crippen LogP contribution in [0.3, 0.4) is 0 Å². The van der Waals surface area contributed by atoms with Crippen molar-refractivity contribution in [2.45, 2.75) is 52.2 Å². The minimum atomic E-state index is -3.55. The van der Waals surface area contributed by atoms with Gasteiger partial charge >= 0.3 is 13.8 Å². The lowest BCUT2D eigenvalue weighted by Crippen LogP contribution is -2.42. The van der Waals surface area contributed by atoms with Crippen LogP contribution in [0.5, 0.6) is 0 Å². The second kappa shape index (κ2) is 16.4. The average molecular weight is 527 g/mol. The van der Waals surface area contributed by atoms with Gasteiger partial charge in [-0.05, 0) is 39.2 Å². The molecule has 11 heteroatoms. The first-order valence-electron chi connectivity index (χ1n) is 12.0. The predicted molar refractivity (Wildman–Crippen MR) is 136 cm³/mol. The van der Waals surface area contributed by atoms with E-state index >= 15 is 0 Å². The number of nitrogens with one attached hydrogen (secondary N) is 1. The van der Waals surface area contributed by atoms with Gasteiger partial charge in [-0.1, -0.05) is 36.4 Å². The second-order valence-corrected chi connectivity index (χ2v) is 9.80. The number of amides is 1. The van der Waals surface area contributed by atoms with E-state index in [0.29, 0.717) is 25.9 Å². The highest BCUT2D eigenvalue weighted by atomic mass is 31.2. The van der Waals surface area contributed by atoms with E-state index in [2.05, 4.69) is 11.9 Å². The molecular weight excluding hydrogens is 487 g/mol.